The van der Waals surface area contributed by atoms with Crippen LogP contribution in [0.2, 0.25) is 0 Å². The summed E-state index contributed by atoms with van der Waals surface area (Å²) in [6.07, 6.45) is 13.0. The fraction of sp³-hybridized carbons (Fsp3) is 0.800. The Kier molecular flexibility index (Phi) is 5.99. The molecule has 22 heavy (non-hydrogen) atoms. The minimum atomic E-state index is -0.0274. The van der Waals surface area contributed by atoms with Crippen molar-refractivity contribution < 1.29 is 4.74 Å². The molecule has 0 unspecified atom stereocenters. The van der Waals surface area contributed by atoms with Crippen LogP contribution in [0, 0.1) is 5.92 Å². The van der Waals surface area contributed by atoms with E-state index in [0.29, 0.717) is 10.7 Å². The Balaban J connectivity index is 2.27. The Labute approximate surface area is 145 Å². The lowest BCUT2D eigenvalue weighted by Gasteiger charge is -2.38. The van der Waals surface area contributed by atoms with Gasteiger partial charge < -0.3 is 4.74 Å². The van der Waals surface area contributed by atoms with Crippen LogP contribution in [-0.4, -0.2) is 16.0 Å². The van der Waals surface area contributed by atoms with Crippen LogP contribution in [0.25, 0.3) is 0 Å². The lowest BCUT2D eigenvalue weighted by Crippen LogP contribution is -2.42. The molecule has 0 saturated carbocycles. The number of allylic oxidation sites excluding steroid dienone is 3. The molecule has 3 atom stereocenters. The highest BCUT2D eigenvalue weighted by molar-refractivity contribution is 9.09. The van der Waals surface area contributed by atoms with Gasteiger partial charge in [-0.25, -0.2) is 0 Å². The Bertz CT molecular complexity index is 451. The van der Waals surface area contributed by atoms with Gasteiger partial charge in [0.25, 0.3) is 0 Å². The van der Waals surface area contributed by atoms with Crippen molar-refractivity contribution in [2.75, 3.05) is 0 Å². The van der Waals surface area contributed by atoms with E-state index in [9.17, 15) is 0 Å². The van der Waals surface area contributed by atoms with Gasteiger partial charge in [-0.2, -0.15) is 0 Å². The number of alkyl halides is 1. The maximum absolute atomic E-state index is 6.80. The Morgan fingerprint density at radius 1 is 1.14 bits per heavy atom. The molecule has 0 aromatic heterocycles. The zero-order valence-electron chi connectivity index (χ0n) is 15.0. The topological polar surface area (TPSA) is 9.23 Å². The van der Waals surface area contributed by atoms with Gasteiger partial charge in [-0.15, -0.1) is 0 Å². The summed E-state index contributed by atoms with van der Waals surface area (Å²) in [6.45, 7) is 11.5. The van der Waals surface area contributed by atoms with E-state index in [0.717, 1.165) is 12.8 Å². The van der Waals surface area contributed by atoms with Crippen LogP contribution >= 0.6 is 15.9 Å². The van der Waals surface area contributed by atoms with Crippen LogP contribution in [0.5, 0.6) is 0 Å². The lowest BCUT2D eigenvalue weighted by molar-refractivity contribution is -0.116. The van der Waals surface area contributed by atoms with E-state index in [1.54, 1.807) is 0 Å². The summed E-state index contributed by atoms with van der Waals surface area (Å²) >= 11 is 3.95. The smallest absolute Gasteiger partial charge is 0.0787 e. The SMILES string of the molecule is C/C1=C\C[C@@]2(C(C)C)CC[C@@](C)(O2)[C@H](Br)CC/C(C)=C/CC1. The Hall–Kier alpha value is -0.0800. The summed E-state index contributed by atoms with van der Waals surface area (Å²) < 4.78 is 6.80. The van der Waals surface area contributed by atoms with Crippen LogP contribution in [0.3, 0.4) is 0 Å². The van der Waals surface area contributed by atoms with E-state index in [-0.39, 0.29) is 11.2 Å². The molecule has 0 amide bonds. The molecule has 2 heteroatoms. The van der Waals surface area contributed by atoms with Crippen molar-refractivity contribution >= 4 is 15.9 Å². The zero-order chi connectivity index (χ0) is 16.4. The van der Waals surface area contributed by atoms with Crippen LogP contribution in [-0.2, 0) is 4.74 Å². The van der Waals surface area contributed by atoms with E-state index >= 15 is 0 Å². The highest BCUT2D eigenvalue weighted by Gasteiger charge is 2.50. The first kappa shape index (κ1) is 18.3. The van der Waals surface area contributed by atoms with Crippen molar-refractivity contribution in [2.45, 2.75) is 95.6 Å². The van der Waals surface area contributed by atoms with Gasteiger partial charge in [-0.05, 0) is 71.6 Å². The van der Waals surface area contributed by atoms with E-state index in [2.05, 4.69) is 62.7 Å². The molecule has 126 valence electrons. The van der Waals surface area contributed by atoms with Crippen LogP contribution in [0.1, 0.15) is 79.6 Å². The molecule has 0 spiro atoms. The molecular formula is C20H33BrO. The van der Waals surface area contributed by atoms with Gasteiger partial charge >= 0.3 is 0 Å². The second-order valence-electron chi connectivity index (χ2n) is 7.98. The first-order valence-corrected chi connectivity index (χ1v) is 9.84. The number of rotatable bonds is 1. The molecule has 0 N–H and O–H groups in total. The molecule has 2 heterocycles. The molecule has 0 aromatic carbocycles. The summed E-state index contributed by atoms with van der Waals surface area (Å²) in [4.78, 5) is 0.440. The first-order valence-electron chi connectivity index (χ1n) is 8.93. The van der Waals surface area contributed by atoms with Crippen molar-refractivity contribution in [3.8, 4) is 0 Å². The summed E-state index contributed by atoms with van der Waals surface area (Å²) in [7, 11) is 0. The van der Waals surface area contributed by atoms with Crippen molar-refractivity contribution in [1.29, 1.82) is 0 Å². The van der Waals surface area contributed by atoms with E-state index in [1.165, 1.54) is 43.3 Å². The first-order chi connectivity index (χ1) is 10.3. The summed E-state index contributed by atoms with van der Waals surface area (Å²) in [5.74, 6) is 0.558. The average Bonchev–Trinajstić information content (AvgIpc) is 2.82. The van der Waals surface area contributed by atoms with Crippen LogP contribution < -0.4 is 0 Å². The molecule has 1 saturated heterocycles. The summed E-state index contributed by atoms with van der Waals surface area (Å²) in [5.41, 5.74) is 3.03. The van der Waals surface area contributed by atoms with Gasteiger partial charge in [0.1, 0.15) is 0 Å². The molecule has 2 aliphatic heterocycles. The number of ether oxygens (including phenoxy) is 1. The van der Waals surface area contributed by atoms with E-state index < -0.39 is 0 Å². The molecule has 1 fully saturated rings. The van der Waals surface area contributed by atoms with Crippen molar-refractivity contribution in [1.82, 2.24) is 0 Å². The van der Waals surface area contributed by atoms with Crippen LogP contribution in [0.4, 0.5) is 0 Å². The predicted molar refractivity (Wildman–Crippen MR) is 99.6 cm³/mol. The van der Waals surface area contributed by atoms with Gasteiger partial charge in [-0.1, -0.05) is 53.1 Å². The van der Waals surface area contributed by atoms with Gasteiger partial charge in [0.15, 0.2) is 0 Å². The third kappa shape index (κ3) is 4.06. The highest BCUT2D eigenvalue weighted by Crippen LogP contribution is 2.48. The standard InChI is InChI=1S/C20H33BrO/c1-15(2)20-12-11-17(4)8-6-7-16(3)9-10-18(21)19(5,22-20)13-14-20/h7,11,15,18H,6,8-10,12-14H2,1-5H3/b16-7+,17-11+/t18-,19-,20+/m1/s1. The number of fused-ring (bicyclic) bond motifs is 2. The van der Waals surface area contributed by atoms with Gasteiger partial charge in [0, 0.05) is 4.83 Å². The maximum atomic E-state index is 6.80. The second kappa shape index (κ2) is 7.21. The highest BCUT2D eigenvalue weighted by atomic mass is 79.9. The Morgan fingerprint density at radius 3 is 2.50 bits per heavy atom. The van der Waals surface area contributed by atoms with E-state index in [1.807, 2.05) is 0 Å². The zero-order valence-corrected chi connectivity index (χ0v) is 16.6. The van der Waals surface area contributed by atoms with E-state index in [4.69, 9.17) is 4.74 Å². The molecule has 1 nitrogen and oxygen atoms in total. The third-order valence-electron chi connectivity index (χ3n) is 5.82. The average molecular weight is 369 g/mol. The van der Waals surface area contributed by atoms with Gasteiger partial charge in [-0.3, -0.25) is 0 Å². The van der Waals surface area contributed by atoms with Crippen molar-refractivity contribution in [3.05, 3.63) is 23.3 Å². The minimum Gasteiger partial charge on any atom is -0.367 e. The molecular weight excluding hydrogens is 336 g/mol. The predicted octanol–water partition coefficient (Wildman–Crippen LogP) is 6.57. The van der Waals surface area contributed by atoms with Gasteiger partial charge in [0.2, 0.25) is 0 Å². The molecule has 0 radical (unpaired) electrons. The quantitative estimate of drug-likeness (QED) is 0.375. The molecule has 0 aromatic rings. The molecule has 2 bridgehead atoms. The van der Waals surface area contributed by atoms with Crippen molar-refractivity contribution in [2.24, 2.45) is 5.92 Å². The Morgan fingerprint density at radius 2 is 1.82 bits per heavy atom. The number of halogens is 1. The monoisotopic (exact) mass is 368 g/mol. The number of hydrogen-bond acceptors (Lipinski definition) is 1. The van der Waals surface area contributed by atoms with Crippen molar-refractivity contribution in [3.63, 3.8) is 0 Å². The molecule has 0 aliphatic carbocycles. The fourth-order valence-corrected chi connectivity index (χ4v) is 4.34. The lowest BCUT2D eigenvalue weighted by atomic mass is 9.83. The summed E-state index contributed by atoms with van der Waals surface area (Å²) in [6, 6.07) is 0. The summed E-state index contributed by atoms with van der Waals surface area (Å²) in [5, 5.41) is 0. The second-order valence-corrected chi connectivity index (χ2v) is 9.09. The maximum Gasteiger partial charge on any atom is 0.0787 e. The fourth-order valence-electron chi connectivity index (χ4n) is 3.79. The molecule has 2 rings (SSSR count). The molecule has 2 aliphatic rings. The largest absolute Gasteiger partial charge is 0.367 e. The number of hydrogen-bond donors (Lipinski definition) is 0. The third-order valence-corrected chi connectivity index (χ3v) is 7.24. The minimum absolute atomic E-state index is 0.0263. The van der Waals surface area contributed by atoms with Gasteiger partial charge in [0.05, 0.1) is 11.2 Å². The normalized spacial score (nSPS) is 42.6. The van der Waals surface area contributed by atoms with Crippen LogP contribution in [0.15, 0.2) is 23.3 Å².